The van der Waals surface area contributed by atoms with E-state index in [1.165, 1.54) is 72.7 Å². The Kier molecular flexibility index (Phi) is 38.7. The van der Waals surface area contributed by atoms with Gasteiger partial charge in [0, 0.05) is 193 Å². The largest absolute Gasteiger partial charge is 0.496 e. The van der Waals surface area contributed by atoms with Crippen LogP contribution in [0.3, 0.4) is 0 Å². The van der Waals surface area contributed by atoms with Crippen molar-refractivity contribution < 1.29 is 119 Å². The highest BCUT2D eigenvalue weighted by Gasteiger charge is 2.44. The predicted molar refractivity (Wildman–Crippen MR) is 530 cm³/mol. The van der Waals surface area contributed by atoms with Crippen LogP contribution in [0.1, 0.15) is 197 Å². The number of sulfonamides is 5. The van der Waals surface area contributed by atoms with Crippen molar-refractivity contribution in [1.82, 2.24) is 21.5 Å². The smallest absolute Gasteiger partial charge is 0.391 e. The lowest BCUT2D eigenvalue weighted by Gasteiger charge is -2.31. The quantitative estimate of drug-likeness (QED) is 0.0345. The number of carbonyl (C=O) groups is 5. The van der Waals surface area contributed by atoms with E-state index in [9.17, 15) is 92.4 Å². The zero-order valence-electron chi connectivity index (χ0n) is 82.5. The average Bonchev–Trinajstić information content (AvgIpc) is 1.74. The predicted octanol–water partition coefficient (Wildman–Crippen LogP) is 19.8. The molecule has 16 rings (SSSR count). The topological polar surface area (TPSA) is 347 Å². The van der Waals surface area contributed by atoms with Gasteiger partial charge in [-0.25, -0.2) is 55.3 Å². The first-order valence-corrected chi connectivity index (χ1v) is 55.6. The van der Waals surface area contributed by atoms with Crippen LogP contribution in [0.5, 0.6) is 5.75 Å². The van der Waals surface area contributed by atoms with Crippen LogP contribution < -0.4 is 4.74 Å². The number of benzene rings is 6. The maximum Gasteiger partial charge on any atom is 0.391 e. The zero-order valence-corrected chi connectivity index (χ0v) is 86.6. The highest BCUT2D eigenvalue weighted by molar-refractivity contribution is 7.90. The fourth-order valence-corrected chi connectivity index (χ4v) is 25.3. The average molecular weight is 2090 g/mol. The van der Waals surface area contributed by atoms with E-state index >= 15 is 0 Å². The number of hydrogen-bond acceptors (Lipinski definition) is 21. The molecular weight excluding hydrogens is 1970 g/mol. The summed E-state index contributed by atoms with van der Waals surface area (Å²) in [5.41, 5.74) is 10.3. The molecule has 5 aromatic heterocycles. The molecule has 5 saturated heterocycles. The third kappa shape index (κ3) is 29.7. The van der Waals surface area contributed by atoms with Gasteiger partial charge in [0.25, 0.3) is 50.1 Å². The van der Waals surface area contributed by atoms with Gasteiger partial charge in [0.15, 0.2) is 0 Å². The number of rotatable bonds is 33. The minimum atomic E-state index is -4.34. The molecule has 5 aliphatic heterocycles. The molecule has 144 heavy (non-hydrogen) atoms. The number of nitrogens with zero attached hydrogens (tertiary/aromatic N) is 5. The second kappa shape index (κ2) is 49.9. The first-order valence-electron chi connectivity index (χ1n) is 48.4. The summed E-state index contributed by atoms with van der Waals surface area (Å²) >= 11 is 0. The van der Waals surface area contributed by atoms with Crippen molar-refractivity contribution >= 4 is 79.0 Å². The number of methoxy groups -OCH3 is 1. The lowest BCUT2D eigenvalue weighted by atomic mass is 9.95. The molecule has 11 aromatic rings. The molecule has 0 radical (unpaired) electrons. The van der Waals surface area contributed by atoms with E-state index in [0.29, 0.717) is 138 Å². The van der Waals surface area contributed by atoms with Crippen molar-refractivity contribution in [3.05, 3.63) is 282 Å². The molecule has 0 unspecified atom stereocenters. The summed E-state index contributed by atoms with van der Waals surface area (Å²) in [6.07, 6.45) is 7.27. The Balaban J connectivity index is 0.000000161. The summed E-state index contributed by atoms with van der Waals surface area (Å²) in [7, 11) is -17.1. The van der Waals surface area contributed by atoms with Crippen LogP contribution in [-0.4, -0.2) is 171 Å². The van der Waals surface area contributed by atoms with Gasteiger partial charge in [-0.15, -0.1) is 0 Å². The number of ether oxygens (including phenoxy) is 1. The van der Waals surface area contributed by atoms with E-state index in [2.05, 4.69) is 0 Å². The monoisotopic (exact) mass is 2090 g/mol. The molecule has 0 saturated carbocycles. The number of ketones is 5. The van der Waals surface area contributed by atoms with Gasteiger partial charge >= 0.3 is 6.18 Å². The number of carbonyl (C=O) groups excluding carboxylic acids is 5. The summed E-state index contributed by atoms with van der Waals surface area (Å²) in [6, 6.07) is 46.4. The van der Waals surface area contributed by atoms with Crippen LogP contribution in [0.25, 0.3) is 11.1 Å². The number of alkyl halides is 3. The van der Waals surface area contributed by atoms with E-state index < -0.39 is 73.8 Å². The van der Waals surface area contributed by atoms with Crippen LogP contribution in [0, 0.1) is 78.8 Å². The van der Waals surface area contributed by atoms with Crippen molar-refractivity contribution in [3.63, 3.8) is 0 Å². The molecule has 5 aliphatic rings. The molecule has 0 spiro atoms. The molecule has 26 nitrogen and oxygen atoms in total. The van der Waals surface area contributed by atoms with Crippen molar-refractivity contribution in [2.75, 3.05) is 72.6 Å². The third-order valence-corrected chi connectivity index (χ3v) is 35.0. The Morgan fingerprint density at radius 2 is 0.646 bits per heavy atom. The van der Waals surface area contributed by atoms with Crippen LogP contribution >= 0.6 is 0 Å². The third-order valence-electron chi connectivity index (χ3n) is 26.3. The van der Waals surface area contributed by atoms with Gasteiger partial charge in [-0.05, 0) is 200 Å². The van der Waals surface area contributed by atoms with Crippen molar-refractivity contribution in [2.24, 2.45) is 5.92 Å². The maximum atomic E-state index is 13.9. The standard InChI is InChI=1S/C25H27NO4S.C21H23F4NO4S.C21H27NO5S.2C20H24FNO4S/c1-19-22(18-25(30-19)31(28,29)26-14-8-3-9-15-26)17-23(27)16-21-12-6-7-13-24(21)20-10-4-2-5-11-20;1-13-3-4-15(10-19(13)22)9-18(27)11-16-12-20(30-14(16)2)31(28,29)26-7-5-17(6-8-26)21(23,24)25;1-15-7-8-17(20(11-15)26-3)12-19(23)13-18-14-21(27-16(18)2)28(24,25)22-9-5-4-6-10-22;1-14-6-7-16(19(21)10-14)11-18(23)12-17-13-20(26-15(17)2)27(24,25)22-8-4-3-5-9-22;1-15-17(13-18(23)10-9-16-7-3-4-8-19(16)21)14-20(26-15)27(24,25)22-11-5-2-6-12-22/h2,4-7,10-13,18H,3,8-9,14-17H2,1H3;3-4,10,12,17H,5-9,11H2,1-2H3;7-8,11,14H,4-6,9-10,12-13H2,1-3H3;6-7,10,13H,3-5,8-9,11-12H2,1-2H3;3-4,7-8,14H,2,5-6,9-13H2,1H3. The van der Waals surface area contributed by atoms with Crippen LogP contribution in [0.4, 0.5) is 26.3 Å². The highest BCUT2D eigenvalue weighted by Crippen LogP contribution is 2.39. The molecule has 0 aliphatic carbocycles. The second-order valence-corrected chi connectivity index (χ2v) is 46.6. The SMILES string of the molecule is COc1cc(C)ccc1CC(=O)Cc1cc(S(=O)(=O)N2CCCCC2)oc1C.Cc1ccc(CC(=O)Cc2cc(S(=O)(=O)N3CCC(C(F)(F)F)CC3)oc2C)cc1F.Cc1ccc(CC(=O)Cc2cc(S(=O)(=O)N3CCCCC3)oc2C)c(F)c1.Cc1oc(S(=O)(=O)N2CCCCC2)cc1CC(=O)CCc1ccccc1F.Cc1oc(S(=O)(=O)N2CCCCC2)cc1CC(=O)Cc1ccccc1-c1ccccc1. The minimum Gasteiger partial charge on any atom is -0.496 e. The van der Waals surface area contributed by atoms with E-state index in [0.717, 1.165) is 115 Å². The van der Waals surface area contributed by atoms with E-state index in [1.54, 1.807) is 91.1 Å². The summed E-state index contributed by atoms with van der Waals surface area (Å²) < 4.78 is 247. The molecule has 776 valence electrons. The maximum absolute atomic E-state index is 13.9. The molecular formula is C107H125F6N5O21S5. The van der Waals surface area contributed by atoms with E-state index in [-0.39, 0.29) is 156 Å². The van der Waals surface area contributed by atoms with E-state index in [1.807, 2.05) is 79.7 Å². The summed E-state index contributed by atoms with van der Waals surface area (Å²) in [6.45, 7) is 17.2. The summed E-state index contributed by atoms with van der Waals surface area (Å²) in [4.78, 5) is 62.5. The van der Waals surface area contributed by atoms with Gasteiger partial charge in [-0.1, -0.05) is 135 Å². The van der Waals surface area contributed by atoms with Gasteiger partial charge < -0.3 is 26.8 Å². The Bertz CT molecular complexity index is 6960. The Labute approximate surface area is 839 Å². The van der Waals surface area contributed by atoms with Crippen molar-refractivity contribution in [2.45, 2.75) is 248 Å². The van der Waals surface area contributed by atoms with Crippen LogP contribution in [0.2, 0.25) is 0 Å². The fourth-order valence-electron chi connectivity index (χ4n) is 17.8. The molecule has 10 heterocycles. The minimum absolute atomic E-state index is 0.0121. The Hall–Kier alpha value is -11.0. The fraction of sp³-hybridized carbons (Fsp3) is 0.430. The van der Waals surface area contributed by atoms with Gasteiger partial charge in [0.2, 0.25) is 25.5 Å². The van der Waals surface area contributed by atoms with Crippen molar-refractivity contribution in [1.29, 1.82) is 0 Å². The molecule has 6 aromatic carbocycles. The number of Topliss-reactive ketones (excluding diaryl/α,β-unsaturated/α-hetero) is 5. The first kappa shape index (κ1) is 112. The molecule has 0 N–H and O–H groups in total. The molecule has 0 atom stereocenters. The molecule has 0 amide bonds. The Morgan fingerprint density at radius 1 is 0.319 bits per heavy atom. The highest BCUT2D eigenvalue weighted by atomic mass is 32.2. The van der Waals surface area contributed by atoms with Crippen LogP contribution in [-0.2, 0) is 138 Å². The first-order chi connectivity index (χ1) is 68.3. The summed E-state index contributed by atoms with van der Waals surface area (Å²) in [5.74, 6) is -0.437. The number of piperidine rings is 5. The van der Waals surface area contributed by atoms with E-state index in [4.69, 9.17) is 26.8 Å². The van der Waals surface area contributed by atoms with Gasteiger partial charge in [-0.2, -0.15) is 34.7 Å². The lowest BCUT2D eigenvalue weighted by molar-refractivity contribution is -0.182. The molecule has 37 heteroatoms. The van der Waals surface area contributed by atoms with Gasteiger partial charge in [0.05, 0.1) is 13.0 Å². The number of hydrogen-bond donors (Lipinski definition) is 0. The lowest BCUT2D eigenvalue weighted by Crippen LogP contribution is -2.41. The van der Waals surface area contributed by atoms with Gasteiger partial charge in [-0.3, -0.25) is 24.0 Å². The second-order valence-electron chi connectivity index (χ2n) is 37.2. The van der Waals surface area contributed by atoms with Crippen LogP contribution in [0.15, 0.2) is 211 Å². The molecule has 5 fully saturated rings. The summed E-state index contributed by atoms with van der Waals surface area (Å²) in [5, 5.41) is -0.730. The number of halogens is 6. The number of furan rings is 5. The zero-order chi connectivity index (χ0) is 104. The normalized spacial score (nSPS) is 15.8. The Morgan fingerprint density at radius 3 is 1.02 bits per heavy atom. The van der Waals surface area contributed by atoms with Gasteiger partial charge in [0.1, 0.15) is 80.9 Å². The molecule has 0 bridgehead atoms. The number of aryl methyl sites for hydroxylation is 9. The van der Waals surface area contributed by atoms with Crippen molar-refractivity contribution in [3.8, 4) is 16.9 Å².